The van der Waals surface area contributed by atoms with Crippen molar-refractivity contribution in [2.24, 2.45) is 0 Å². The Balaban J connectivity index is 1.87. The zero-order valence-corrected chi connectivity index (χ0v) is 17.6. The van der Waals surface area contributed by atoms with Gasteiger partial charge in [0.05, 0.1) is 29.1 Å². The van der Waals surface area contributed by atoms with Crippen LogP contribution in [0.15, 0.2) is 71.1 Å². The highest BCUT2D eigenvalue weighted by atomic mass is 32.2. The van der Waals surface area contributed by atoms with Crippen molar-refractivity contribution in [3.8, 4) is 6.07 Å². The second-order valence-corrected chi connectivity index (χ2v) is 7.64. The van der Waals surface area contributed by atoms with Crippen molar-refractivity contribution in [1.29, 1.82) is 5.26 Å². The molecule has 30 heavy (non-hydrogen) atoms. The van der Waals surface area contributed by atoms with Gasteiger partial charge < -0.3 is 4.90 Å². The number of hydrogen-bond acceptors (Lipinski definition) is 5. The molecule has 2 aromatic carbocycles. The Bertz CT molecular complexity index is 1160. The van der Waals surface area contributed by atoms with Crippen molar-refractivity contribution in [3.63, 3.8) is 0 Å². The number of aryl methyl sites for hydroxylation is 1. The number of amides is 1. The third-order valence-corrected chi connectivity index (χ3v) is 5.52. The Hall–Kier alpha value is -3.37. The summed E-state index contributed by atoms with van der Waals surface area (Å²) in [5, 5.41) is 9.97. The first-order valence-corrected chi connectivity index (χ1v) is 10.5. The molecule has 1 heterocycles. The molecule has 0 aliphatic rings. The molecule has 0 aliphatic carbocycles. The predicted molar refractivity (Wildman–Crippen MR) is 121 cm³/mol. The minimum absolute atomic E-state index is 0.0984. The summed E-state index contributed by atoms with van der Waals surface area (Å²) in [5.41, 5.74) is 2.28. The minimum Gasteiger partial charge on any atom is -0.311 e. The lowest BCUT2D eigenvalue weighted by Crippen LogP contribution is -2.33. The number of anilines is 1. The van der Waals surface area contributed by atoms with Gasteiger partial charge in [0.1, 0.15) is 0 Å². The predicted octanol–water partition coefficient (Wildman–Crippen LogP) is 3.93. The van der Waals surface area contributed by atoms with E-state index in [1.165, 1.54) is 16.3 Å². The van der Waals surface area contributed by atoms with Gasteiger partial charge in [0.15, 0.2) is 5.16 Å². The Kier molecular flexibility index (Phi) is 7.04. The summed E-state index contributed by atoms with van der Waals surface area (Å²) in [6.07, 6.45) is 1.87. The molecule has 0 bridgehead atoms. The highest BCUT2D eigenvalue weighted by molar-refractivity contribution is 7.99. The maximum atomic E-state index is 13.0. The topological polar surface area (TPSA) is 79.0 Å². The summed E-state index contributed by atoms with van der Waals surface area (Å²) in [6, 6.07) is 16.9. The molecule has 6 nitrogen and oxygen atoms in total. The van der Waals surface area contributed by atoms with E-state index in [9.17, 15) is 9.59 Å². The quantitative estimate of drug-likeness (QED) is 0.315. The van der Waals surface area contributed by atoms with Gasteiger partial charge in [-0.15, -0.1) is 6.58 Å². The zero-order valence-electron chi connectivity index (χ0n) is 16.7. The van der Waals surface area contributed by atoms with Crippen LogP contribution in [0.2, 0.25) is 0 Å². The summed E-state index contributed by atoms with van der Waals surface area (Å²) in [4.78, 5) is 32.0. The molecule has 0 unspecified atom stereocenters. The van der Waals surface area contributed by atoms with Gasteiger partial charge in [-0.2, -0.15) is 5.26 Å². The molecule has 1 amide bonds. The van der Waals surface area contributed by atoms with E-state index in [-0.39, 0.29) is 23.6 Å². The van der Waals surface area contributed by atoms with Gasteiger partial charge in [-0.05, 0) is 31.2 Å². The van der Waals surface area contributed by atoms with Gasteiger partial charge in [-0.25, -0.2) is 4.98 Å². The number of hydrogen-bond donors (Lipinski definition) is 0. The molecule has 3 rings (SSSR count). The van der Waals surface area contributed by atoms with Crippen LogP contribution in [0.5, 0.6) is 0 Å². The molecule has 0 fully saturated rings. The van der Waals surface area contributed by atoms with Crippen LogP contribution in [0, 0.1) is 18.3 Å². The Morgan fingerprint density at radius 2 is 2.00 bits per heavy atom. The Morgan fingerprint density at radius 3 is 2.70 bits per heavy atom. The first-order valence-electron chi connectivity index (χ1n) is 9.52. The average molecular weight is 419 g/mol. The number of rotatable bonds is 8. The SMILES string of the molecule is C=CCn1c(SCC(=O)N(CCC#N)c2ccc(C)cc2)nc2ccccc2c1=O. The largest absolute Gasteiger partial charge is 0.311 e. The minimum atomic E-state index is -0.157. The standard InChI is InChI=1S/C23H22N4O2S/c1-3-14-27-22(29)19-7-4-5-8-20(19)25-23(27)30-16-21(28)26(15-6-13-24)18-11-9-17(2)10-12-18/h3-5,7-12H,1,6,14-16H2,2H3. The van der Waals surface area contributed by atoms with E-state index in [1.54, 1.807) is 29.2 Å². The Morgan fingerprint density at radius 1 is 1.27 bits per heavy atom. The molecule has 0 saturated carbocycles. The lowest BCUT2D eigenvalue weighted by molar-refractivity contribution is -0.116. The van der Waals surface area contributed by atoms with Gasteiger partial charge in [0.2, 0.25) is 5.91 Å². The number of carbonyl (C=O) groups is 1. The maximum Gasteiger partial charge on any atom is 0.262 e. The molecule has 0 aliphatic heterocycles. The zero-order chi connectivity index (χ0) is 21.5. The van der Waals surface area contributed by atoms with Crippen LogP contribution in [0.1, 0.15) is 12.0 Å². The molecule has 0 N–H and O–H groups in total. The third-order valence-electron chi connectivity index (χ3n) is 4.56. The first kappa shape index (κ1) is 21.3. The van der Waals surface area contributed by atoms with Crippen LogP contribution < -0.4 is 10.5 Å². The molecule has 3 aromatic rings. The van der Waals surface area contributed by atoms with Crippen LogP contribution in [0.3, 0.4) is 0 Å². The van der Waals surface area contributed by atoms with E-state index >= 15 is 0 Å². The summed E-state index contributed by atoms with van der Waals surface area (Å²) in [6.45, 7) is 6.32. The van der Waals surface area contributed by atoms with E-state index in [1.807, 2.05) is 37.3 Å². The second kappa shape index (κ2) is 9.90. The maximum absolute atomic E-state index is 13.0. The second-order valence-electron chi connectivity index (χ2n) is 6.69. The van der Waals surface area contributed by atoms with Crippen LogP contribution in [-0.4, -0.2) is 27.8 Å². The van der Waals surface area contributed by atoms with Crippen molar-refractivity contribution in [3.05, 3.63) is 77.1 Å². The third kappa shape index (κ3) is 4.78. The molecule has 0 atom stereocenters. The number of fused-ring (bicyclic) bond motifs is 1. The molecule has 7 heteroatoms. The van der Waals surface area contributed by atoms with Crippen LogP contribution >= 0.6 is 11.8 Å². The van der Waals surface area contributed by atoms with E-state index < -0.39 is 0 Å². The molecular formula is C23H22N4O2S. The van der Waals surface area contributed by atoms with Crippen LogP contribution in [-0.2, 0) is 11.3 Å². The number of carbonyl (C=O) groups excluding carboxylic acids is 1. The van der Waals surface area contributed by atoms with Crippen molar-refractivity contribution >= 4 is 34.3 Å². The Labute approximate surface area is 179 Å². The highest BCUT2D eigenvalue weighted by Crippen LogP contribution is 2.21. The molecule has 152 valence electrons. The normalized spacial score (nSPS) is 10.5. The van der Waals surface area contributed by atoms with E-state index in [4.69, 9.17) is 5.26 Å². The number of allylic oxidation sites excluding steroid dienone is 1. The van der Waals surface area contributed by atoms with Gasteiger partial charge in [0.25, 0.3) is 5.56 Å². The van der Waals surface area contributed by atoms with Gasteiger partial charge in [-0.3, -0.25) is 14.2 Å². The van der Waals surface area contributed by atoms with Crippen molar-refractivity contribution < 1.29 is 4.79 Å². The van der Waals surface area contributed by atoms with Crippen molar-refractivity contribution in [2.45, 2.75) is 25.0 Å². The number of nitrogens with zero attached hydrogens (tertiary/aromatic N) is 4. The molecule has 0 radical (unpaired) electrons. The lowest BCUT2D eigenvalue weighted by atomic mass is 10.2. The summed E-state index contributed by atoms with van der Waals surface area (Å²) >= 11 is 1.21. The molecule has 0 spiro atoms. The molecular weight excluding hydrogens is 396 g/mol. The number of para-hydroxylation sites is 1. The number of thioether (sulfide) groups is 1. The highest BCUT2D eigenvalue weighted by Gasteiger charge is 2.18. The monoisotopic (exact) mass is 418 g/mol. The lowest BCUT2D eigenvalue weighted by Gasteiger charge is -2.22. The fourth-order valence-electron chi connectivity index (χ4n) is 3.04. The van der Waals surface area contributed by atoms with Crippen molar-refractivity contribution in [1.82, 2.24) is 9.55 Å². The number of aromatic nitrogens is 2. The number of benzene rings is 2. The van der Waals surface area contributed by atoms with E-state index in [0.29, 0.717) is 29.1 Å². The fraction of sp³-hybridized carbons (Fsp3) is 0.217. The summed E-state index contributed by atoms with van der Waals surface area (Å²) < 4.78 is 1.53. The summed E-state index contributed by atoms with van der Waals surface area (Å²) in [5.74, 6) is -0.0482. The smallest absolute Gasteiger partial charge is 0.262 e. The average Bonchev–Trinajstić information content (AvgIpc) is 2.76. The van der Waals surface area contributed by atoms with E-state index in [2.05, 4.69) is 17.6 Å². The fourth-order valence-corrected chi connectivity index (χ4v) is 3.92. The van der Waals surface area contributed by atoms with Crippen molar-refractivity contribution in [2.75, 3.05) is 17.2 Å². The van der Waals surface area contributed by atoms with Gasteiger partial charge >= 0.3 is 0 Å². The first-order chi connectivity index (χ1) is 14.5. The van der Waals surface area contributed by atoms with Crippen LogP contribution in [0.4, 0.5) is 5.69 Å². The van der Waals surface area contributed by atoms with Gasteiger partial charge in [-0.1, -0.05) is 47.7 Å². The van der Waals surface area contributed by atoms with Gasteiger partial charge in [0, 0.05) is 18.8 Å². The molecule has 0 saturated heterocycles. The van der Waals surface area contributed by atoms with Crippen LogP contribution in [0.25, 0.3) is 10.9 Å². The number of nitriles is 1. The summed E-state index contributed by atoms with van der Waals surface area (Å²) in [7, 11) is 0. The molecule has 1 aromatic heterocycles. The van der Waals surface area contributed by atoms with E-state index in [0.717, 1.165) is 11.3 Å².